The molecule has 0 aliphatic carbocycles. The zero-order valence-corrected chi connectivity index (χ0v) is 15.0. The van der Waals surface area contributed by atoms with Crippen LogP contribution in [0, 0.1) is 20.8 Å². The first-order valence-electron chi connectivity index (χ1n) is 7.39. The number of aryl methyl sites for hydroxylation is 3. The number of hydrogen-bond acceptors (Lipinski definition) is 8. The van der Waals surface area contributed by atoms with Crippen LogP contribution < -0.4 is 5.32 Å². The van der Waals surface area contributed by atoms with Crippen molar-refractivity contribution in [2.45, 2.75) is 31.5 Å². The summed E-state index contributed by atoms with van der Waals surface area (Å²) in [5.74, 6) is 1.86. The lowest BCUT2D eigenvalue weighted by atomic mass is 10.1. The molecule has 1 N–H and O–H groups in total. The first-order valence-corrected chi connectivity index (χ1v) is 9.19. The average Bonchev–Trinajstić information content (AvgIpc) is 2.92. The highest BCUT2D eigenvalue weighted by atomic mass is 32.2. The first-order chi connectivity index (χ1) is 11.1. The first kappa shape index (κ1) is 16.1. The van der Waals surface area contributed by atoms with Gasteiger partial charge < -0.3 is 5.32 Å². The molecule has 0 fully saturated rings. The van der Waals surface area contributed by atoms with Gasteiger partial charge in [0.05, 0.1) is 5.39 Å². The van der Waals surface area contributed by atoms with Crippen molar-refractivity contribution in [2.24, 2.45) is 0 Å². The highest BCUT2D eigenvalue weighted by molar-refractivity contribution is 8.01. The molecule has 0 aliphatic rings. The van der Waals surface area contributed by atoms with Crippen molar-refractivity contribution in [3.63, 3.8) is 0 Å². The summed E-state index contributed by atoms with van der Waals surface area (Å²) in [6.07, 6.45) is 2.59. The van der Waals surface area contributed by atoms with Crippen LogP contribution in [0.1, 0.15) is 22.7 Å². The SMILES string of the molecule is Cc1cc(C)c2c(NCCCSc3nnc(C)s3)ncnc2n1. The van der Waals surface area contributed by atoms with E-state index in [0.717, 1.165) is 56.2 Å². The predicted molar refractivity (Wildman–Crippen MR) is 95.3 cm³/mol. The Kier molecular flexibility index (Phi) is 5.02. The molecule has 0 unspecified atom stereocenters. The van der Waals surface area contributed by atoms with Crippen molar-refractivity contribution < 1.29 is 0 Å². The normalized spacial score (nSPS) is 11.1. The second-order valence-electron chi connectivity index (χ2n) is 5.22. The van der Waals surface area contributed by atoms with E-state index in [2.05, 4.69) is 43.5 Å². The molecule has 0 amide bonds. The van der Waals surface area contributed by atoms with Crippen LogP contribution in [0.2, 0.25) is 0 Å². The molecule has 0 spiro atoms. The summed E-state index contributed by atoms with van der Waals surface area (Å²) >= 11 is 3.38. The van der Waals surface area contributed by atoms with E-state index >= 15 is 0 Å². The van der Waals surface area contributed by atoms with Crippen molar-refractivity contribution in [3.05, 3.63) is 28.7 Å². The average molecular weight is 346 g/mol. The molecule has 3 aromatic heterocycles. The zero-order chi connectivity index (χ0) is 16.2. The molecule has 23 heavy (non-hydrogen) atoms. The van der Waals surface area contributed by atoms with Crippen LogP contribution in [0.15, 0.2) is 16.7 Å². The lowest BCUT2D eigenvalue weighted by Gasteiger charge is -2.10. The molecule has 0 saturated heterocycles. The van der Waals surface area contributed by atoms with Gasteiger partial charge in [0.1, 0.15) is 17.2 Å². The fraction of sp³-hybridized carbons (Fsp3) is 0.400. The van der Waals surface area contributed by atoms with E-state index in [-0.39, 0.29) is 0 Å². The Morgan fingerprint density at radius 1 is 1.17 bits per heavy atom. The Morgan fingerprint density at radius 2 is 2.04 bits per heavy atom. The quantitative estimate of drug-likeness (QED) is 0.541. The summed E-state index contributed by atoms with van der Waals surface area (Å²) in [7, 11) is 0. The van der Waals surface area contributed by atoms with Crippen LogP contribution in [0.5, 0.6) is 0 Å². The molecular weight excluding hydrogens is 328 g/mol. The summed E-state index contributed by atoms with van der Waals surface area (Å²) in [6.45, 7) is 6.87. The Balaban J connectivity index is 1.59. The van der Waals surface area contributed by atoms with Gasteiger partial charge >= 0.3 is 0 Å². The zero-order valence-electron chi connectivity index (χ0n) is 13.3. The van der Waals surface area contributed by atoms with Crippen LogP contribution in [0.3, 0.4) is 0 Å². The van der Waals surface area contributed by atoms with Gasteiger partial charge in [0.2, 0.25) is 0 Å². The Hall–Kier alpha value is -1.80. The summed E-state index contributed by atoms with van der Waals surface area (Å²) in [6, 6.07) is 2.06. The highest BCUT2D eigenvalue weighted by Gasteiger charge is 2.08. The molecule has 0 aromatic carbocycles. The molecular formula is C15H18N6S2. The fourth-order valence-corrected chi connectivity index (χ4v) is 4.14. The number of pyridine rings is 1. The monoisotopic (exact) mass is 346 g/mol. The molecule has 0 radical (unpaired) electrons. The van der Waals surface area contributed by atoms with Gasteiger partial charge in [-0.05, 0) is 38.8 Å². The minimum atomic E-state index is 0.749. The van der Waals surface area contributed by atoms with Crippen LogP contribution in [-0.4, -0.2) is 37.4 Å². The number of nitrogens with one attached hydrogen (secondary N) is 1. The van der Waals surface area contributed by atoms with Gasteiger partial charge in [-0.2, -0.15) is 0 Å². The lowest BCUT2D eigenvalue weighted by molar-refractivity contribution is 0.963. The predicted octanol–water partition coefficient (Wildman–Crippen LogP) is 3.40. The third-order valence-electron chi connectivity index (χ3n) is 3.28. The summed E-state index contributed by atoms with van der Waals surface area (Å²) in [5, 5.41) is 13.6. The number of nitrogens with zero attached hydrogens (tertiary/aromatic N) is 5. The molecule has 0 bridgehead atoms. The lowest BCUT2D eigenvalue weighted by Crippen LogP contribution is -2.06. The topological polar surface area (TPSA) is 76.5 Å². The second-order valence-corrected chi connectivity index (χ2v) is 7.74. The Morgan fingerprint density at radius 3 is 2.83 bits per heavy atom. The molecule has 0 aliphatic heterocycles. The van der Waals surface area contributed by atoms with Crippen LogP contribution in [0.25, 0.3) is 11.0 Å². The maximum absolute atomic E-state index is 4.47. The second kappa shape index (κ2) is 7.18. The van der Waals surface area contributed by atoms with E-state index in [4.69, 9.17) is 0 Å². The molecule has 0 saturated carbocycles. The fourth-order valence-electron chi connectivity index (χ4n) is 2.32. The number of thioether (sulfide) groups is 1. The maximum atomic E-state index is 4.47. The number of rotatable bonds is 6. The maximum Gasteiger partial charge on any atom is 0.174 e. The molecule has 3 heterocycles. The number of aromatic nitrogens is 5. The summed E-state index contributed by atoms with van der Waals surface area (Å²) in [5.41, 5.74) is 2.87. The molecule has 3 aromatic rings. The minimum Gasteiger partial charge on any atom is -0.369 e. The molecule has 8 heteroatoms. The Labute approximate surface area is 143 Å². The third kappa shape index (κ3) is 3.94. The Bertz CT molecular complexity index is 817. The van der Waals surface area contributed by atoms with E-state index in [1.165, 1.54) is 0 Å². The number of hydrogen-bond donors (Lipinski definition) is 1. The standard InChI is InChI=1S/C15H18N6S2/c1-9-7-10(2)19-14-12(9)13(17-8-18-14)16-5-4-6-22-15-21-20-11(3)23-15/h7-8H,4-6H2,1-3H3,(H,16,17,18,19). The highest BCUT2D eigenvalue weighted by Crippen LogP contribution is 2.24. The van der Waals surface area contributed by atoms with E-state index in [0.29, 0.717) is 0 Å². The van der Waals surface area contributed by atoms with Crippen LogP contribution in [0.4, 0.5) is 5.82 Å². The van der Waals surface area contributed by atoms with E-state index in [1.54, 1.807) is 29.4 Å². The van der Waals surface area contributed by atoms with Crippen molar-refractivity contribution in [2.75, 3.05) is 17.6 Å². The molecule has 3 rings (SSSR count). The van der Waals surface area contributed by atoms with E-state index in [9.17, 15) is 0 Å². The van der Waals surface area contributed by atoms with E-state index in [1.807, 2.05) is 13.8 Å². The van der Waals surface area contributed by atoms with Crippen molar-refractivity contribution in [1.29, 1.82) is 0 Å². The van der Waals surface area contributed by atoms with Gasteiger partial charge in [0.15, 0.2) is 9.99 Å². The third-order valence-corrected chi connectivity index (χ3v) is 5.33. The number of fused-ring (bicyclic) bond motifs is 1. The van der Waals surface area contributed by atoms with Gasteiger partial charge in [-0.1, -0.05) is 23.1 Å². The van der Waals surface area contributed by atoms with Crippen molar-refractivity contribution >= 4 is 39.9 Å². The van der Waals surface area contributed by atoms with Crippen molar-refractivity contribution in [1.82, 2.24) is 25.1 Å². The van der Waals surface area contributed by atoms with Gasteiger partial charge in [0, 0.05) is 18.0 Å². The van der Waals surface area contributed by atoms with Gasteiger partial charge in [-0.25, -0.2) is 15.0 Å². The molecule has 120 valence electrons. The number of anilines is 1. The smallest absolute Gasteiger partial charge is 0.174 e. The van der Waals surface area contributed by atoms with Gasteiger partial charge in [-0.15, -0.1) is 10.2 Å². The van der Waals surface area contributed by atoms with Gasteiger partial charge in [-0.3, -0.25) is 0 Å². The van der Waals surface area contributed by atoms with Crippen LogP contribution >= 0.6 is 23.1 Å². The van der Waals surface area contributed by atoms with Gasteiger partial charge in [0.25, 0.3) is 0 Å². The summed E-state index contributed by atoms with van der Waals surface area (Å²) < 4.78 is 1.03. The molecule has 0 atom stereocenters. The molecule has 6 nitrogen and oxygen atoms in total. The van der Waals surface area contributed by atoms with E-state index < -0.39 is 0 Å². The van der Waals surface area contributed by atoms with Crippen molar-refractivity contribution in [3.8, 4) is 0 Å². The summed E-state index contributed by atoms with van der Waals surface area (Å²) in [4.78, 5) is 13.1. The van der Waals surface area contributed by atoms with Crippen LogP contribution in [-0.2, 0) is 0 Å². The minimum absolute atomic E-state index is 0.749. The largest absolute Gasteiger partial charge is 0.369 e.